The predicted molar refractivity (Wildman–Crippen MR) is 85.6 cm³/mol. The molecule has 0 unspecified atom stereocenters. The number of aromatic amines is 1. The maximum atomic E-state index is 12.1. The number of H-pyrrole nitrogens is 1. The summed E-state index contributed by atoms with van der Waals surface area (Å²) in [5.41, 5.74) is 0.744. The highest BCUT2D eigenvalue weighted by molar-refractivity contribution is 6.30. The van der Waals surface area contributed by atoms with E-state index in [9.17, 15) is 9.59 Å². The van der Waals surface area contributed by atoms with Crippen molar-refractivity contribution in [1.29, 1.82) is 0 Å². The smallest absolute Gasteiger partial charge is 0.277 e. The van der Waals surface area contributed by atoms with Gasteiger partial charge in [0.1, 0.15) is 11.5 Å². The number of hydrogen-bond donors (Lipinski definition) is 2. The van der Waals surface area contributed by atoms with Crippen LogP contribution in [0.15, 0.2) is 53.5 Å². The second-order valence-electron chi connectivity index (χ2n) is 4.76. The van der Waals surface area contributed by atoms with Gasteiger partial charge in [-0.3, -0.25) is 9.59 Å². The molecule has 8 heteroatoms. The molecule has 1 aromatic carbocycles. The summed E-state index contributed by atoms with van der Waals surface area (Å²) in [5.74, 6) is 0.0945. The van der Waals surface area contributed by atoms with E-state index >= 15 is 0 Å². The van der Waals surface area contributed by atoms with Gasteiger partial charge in [-0.05, 0) is 23.8 Å². The van der Waals surface area contributed by atoms with Gasteiger partial charge in [-0.25, -0.2) is 9.78 Å². The van der Waals surface area contributed by atoms with Gasteiger partial charge in [-0.15, -0.1) is 0 Å². The largest absolute Gasteiger partial charge is 0.305 e. The number of carbonyl (C=O) groups excluding carboxylic acids is 1. The fourth-order valence-corrected chi connectivity index (χ4v) is 2.10. The molecule has 7 nitrogen and oxygen atoms in total. The number of aromatic nitrogens is 4. The van der Waals surface area contributed by atoms with Gasteiger partial charge in [0.2, 0.25) is 0 Å². The number of amides is 1. The minimum atomic E-state index is -0.431. The van der Waals surface area contributed by atoms with Crippen molar-refractivity contribution in [2.45, 2.75) is 6.54 Å². The average molecular weight is 330 g/mol. The van der Waals surface area contributed by atoms with Crippen LogP contribution in [-0.2, 0) is 6.54 Å². The van der Waals surface area contributed by atoms with Crippen molar-refractivity contribution in [3.63, 3.8) is 0 Å². The van der Waals surface area contributed by atoms with E-state index in [4.69, 9.17) is 11.6 Å². The van der Waals surface area contributed by atoms with Crippen molar-refractivity contribution < 1.29 is 4.79 Å². The zero-order chi connectivity index (χ0) is 16.2. The molecule has 0 fully saturated rings. The molecule has 2 aromatic heterocycles. The second-order valence-corrected chi connectivity index (χ2v) is 5.20. The van der Waals surface area contributed by atoms with Crippen molar-refractivity contribution in [3.05, 3.63) is 75.3 Å². The van der Waals surface area contributed by atoms with Gasteiger partial charge < -0.3 is 5.32 Å². The monoisotopic (exact) mass is 329 g/mol. The van der Waals surface area contributed by atoms with E-state index in [0.29, 0.717) is 17.4 Å². The van der Waals surface area contributed by atoms with Gasteiger partial charge in [0.15, 0.2) is 0 Å². The van der Waals surface area contributed by atoms with Gasteiger partial charge in [-0.1, -0.05) is 23.7 Å². The zero-order valence-corrected chi connectivity index (χ0v) is 12.6. The lowest BCUT2D eigenvalue weighted by atomic mass is 10.2. The van der Waals surface area contributed by atoms with Crippen LogP contribution in [0.25, 0.3) is 0 Å². The summed E-state index contributed by atoms with van der Waals surface area (Å²) >= 11 is 5.86. The number of benzene rings is 1. The SMILES string of the molecule is O=C(Nc1ccnn1Cc1ccc(Cl)cc1)c1ccc(=O)[nH]n1. The maximum Gasteiger partial charge on any atom is 0.277 e. The van der Waals surface area contributed by atoms with E-state index in [1.54, 1.807) is 29.1 Å². The minimum absolute atomic E-state index is 0.115. The van der Waals surface area contributed by atoms with Gasteiger partial charge in [0.25, 0.3) is 11.5 Å². The Labute approximate surface area is 135 Å². The van der Waals surface area contributed by atoms with E-state index in [1.807, 2.05) is 12.1 Å². The number of anilines is 1. The van der Waals surface area contributed by atoms with Crippen LogP contribution in [0.1, 0.15) is 16.1 Å². The molecule has 23 heavy (non-hydrogen) atoms. The van der Waals surface area contributed by atoms with E-state index < -0.39 is 5.91 Å². The van der Waals surface area contributed by atoms with Crippen LogP contribution in [0.5, 0.6) is 0 Å². The predicted octanol–water partition coefficient (Wildman–Crippen LogP) is 1.92. The number of carbonyl (C=O) groups is 1. The quantitative estimate of drug-likeness (QED) is 0.764. The highest BCUT2D eigenvalue weighted by atomic mass is 35.5. The molecule has 116 valence electrons. The first kappa shape index (κ1) is 15.0. The molecule has 0 aliphatic heterocycles. The van der Waals surface area contributed by atoms with Crippen LogP contribution >= 0.6 is 11.6 Å². The molecule has 2 N–H and O–H groups in total. The standard InChI is InChI=1S/C15H12ClN5O2/c16-11-3-1-10(2-4-11)9-21-13(7-8-17-21)18-15(23)12-5-6-14(22)20-19-12/h1-8H,9H2,(H,18,23)(H,20,22). The third-order valence-corrected chi connectivity index (χ3v) is 3.37. The first-order valence-electron chi connectivity index (χ1n) is 6.75. The number of nitrogens with one attached hydrogen (secondary N) is 2. The van der Waals surface area contributed by atoms with Gasteiger partial charge in [0.05, 0.1) is 12.7 Å². The Morgan fingerprint density at radius 3 is 2.65 bits per heavy atom. The molecule has 3 rings (SSSR count). The van der Waals surface area contributed by atoms with Gasteiger partial charge >= 0.3 is 0 Å². The third-order valence-electron chi connectivity index (χ3n) is 3.12. The number of nitrogens with zero attached hydrogens (tertiary/aromatic N) is 3. The van der Waals surface area contributed by atoms with E-state index in [-0.39, 0.29) is 11.3 Å². The highest BCUT2D eigenvalue weighted by Gasteiger charge is 2.11. The molecule has 0 atom stereocenters. The summed E-state index contributed by atoms with van der Waals surface area (Å²) in [6, 6.07) is 11.6. The first-order chi connectivity index (χ1) is 11.1. The molecule has 3 aromatic rings. The molecule has 0 saturated heterocycles. The summed E-state index contributed by atoms with van der Waals surface area (Å²) in [4.78, 5) is 23.1. The van der Waals surface area contributed by atoms with Crippen LogP contribution in [0.3, 0.4) is 0 Å². The molecule has 0 spiro atoms. The molecule has 1 amide bonds. The topological polar surface area (TPSA) is 92.7 Å². The summed E-state index contributed by atoms with van der Waals surface area (Å²) in [5, 5.41) is 13.5. The summed E-state index contributed by atoms with van der Waals surface area (Å²) in [7, 11) is 0. The maximum absolute atomic E-state index is 12.1. The van der Waals surface area contributed by atoms with E-state index in [2.05, 4.69) is 20.6 Å². The summed E-state index contributed by atoms with van der Waals surface area (Å²) in [6.07, 6.45) is 1.59. The van der Waals surface area contributed by atoms with Crippen molar-refractivity contribution in [3.8, 4) is 0 Å². The fraction of sp³-hybridized carbons (Fsp3) is 0.0667. The Hall–Kier alpha value is -2.93. The molecule has 0 radical (unpaired) electrons. The van der Waals surface area contributed by atoms with Crippen LogP contribution in [0, 0.1) is 0 Å². The Morgan fingerprint density at radius 1 is 1.17 bits per heavy atom. The first-order valence-corrected chi connectivity index (χ1v) is 7.13. The van der Waals surface area contributed by atoms with Crippen molar-refractivity contribution in [2.24, 2.45) is 0 Å². The van der Waals surface area contributed by atoms with Crippen LogP contribution in [-0.4, -0.2) is 25.9 Å². The third kappa shape index (κ3) is 3.64. The number of rotatable bonds is 4. The lowest BCUT2D eigenvalue weighted by Crippen LogP contribution is -2.19. The zero-order valence-electron chi connectivity index (χ0n) is 11.9. The van der Waals surface area contributed by atoms with Crippen molar-refractivity contribution in [1.82, 2.24) is 20.0 Å². The normalized spacial score (nSPS) is 10.5. The Bertz CT molecular complexity index is 865. The van der Waals surface area contributed by atoms with Gasteiger partial charge in [-0.2, -0.15) is 10.2 Å². The Balaban J connectivity index is 1.75. The molecule has 2 heterocycles. The van der Waals surface area contributed by atoms with Crippen molar-refractivity contribution in [2.75, 3.05) is 5.32 Å². The minimum Gasteiger partial charge on any atom is -0.305 e. The molecule has 0 saturated carbocycles. The van der Waals surface area contributed by atoms with Gasteiger partial charge in [0, 0.05) is 17.2 Å². The molecular weight excluding hydrogens is 318 g/mol. The Kier molecular flexibility index (Phi) is 4.20. The van der Waals surface area contributed by atoms with Crippen molar-refractivity contribution >= 4 is 23.3 Å². The molecular formula is C15H12ClN5O2. The number of hydrogen-bond acceptors (Lipinski definition) is 4. The number of halogens is 1. The molecule has 0 bridgehead atoms. The van der Waals surface area contributed by atoms with Crippen LogP contribution in [0.4, 0.5) is 5.82 Å². The van der Waals surface area contributed by atoms with Crippen LogP contribution in [0.2, 0.25) is 5.02 Å². The summed E-state index contributed by atoms with van der Waals surface area (Å²) in [6.45, 7) is 0.485. The summed E-state index contributed by atoms with van der Waals surface area (Å²) < 4.78 is 1.65. The fourth-order valence-electron chi connectivity index (χ4n) is 1.98. The average Bonchev–Trinajstić information content (AvgIpc) is 2.97. The van der Waals surface area contributed by atoms with E-state index in [1.165, 1.54) is 12.1 Å². The lowest BCUT2D eigenvalue weighted by Gasteiger charge is -2.09. The Morgan fingerprint density at radius 2 is 1.96 bits per heavy atom. The molecule has 0 aliphatic carbocycles. The lowest BCUT2D eigenvalue weighted by molar-refractivity contribution is 0.102. The molecule has 0 aliphatic rings. The second kappa shape index (κ2) is 6.45. The van der Waals surface area contributed by atoms with E-state index in [0.717, 1.165) is 5.56 Å². The highest BCUT2D eigenvalue weighted by Crippen LogP contribution is 2.14. The van der Waals surface area contributed by atoms with Crippen LogP contribution < -0.4 is 10.9 Å².